The molecular weight excluding hydrogens is 445 g/mol. The van der Waals surface area contributed by atoms with Crippen LogP contribution >= 0.6 is 0 Å². The molecule has 0 saturated heterocycles. The minimum atomic E-state index is -4.21. The zero-order chi connectivity index (χ0) is 24.8. The quantitative estimate of drug-likeness (QED) is 0.449. The van der Waals surface area contributed by atoms with Crippen LogP contribution in [-0.4, -0.2) is 16.7 Å². The monoisotopic (exact) mass is 482 g/mol. The summed E-state index contributed by atoms with van der Waals surface area (Å²) >= 11 is 0. The molecule has 3 aliphatic rings. The van der Waals surface area contributed by atoms with Crippen molar-refractivity contribution in [1.82, 2.24) is 10.3 Å². The fourth-order valence-corrected chi connectivity index (χ4v) is 6.44. The van der Waals surface area contributed by atoms with E-state index in [1.165, 1.54) is 47.1 Å². The van der Waals surface area contributed by atoms with Crippen molar-refractivity contribution in [3.05, 3.63) is 64.5 Å². The zero-order valence-electron chi connectivity index (χ0n) is 21.1. The van der Waals surface area contributed by atoms with Crippen LogP contribution < -0.4 is 5.32 Å². The Morgan fingerprint density at radius 1 is 1.09 bits per heavy atom. The van der Waals surface area contributed by atoms with Crippen molar-refractivity contribution in [2.24, 2.45) is 11.8 Å². The van der Waals surface area contributed by atoms with Gasteiger partial charge < -0.3 is 0 Å². The highest BCUT2D eigenvalue weighted by atomic mass is 19.4. The molecule has 0 amide bonds. The van der Waals surface area contributed by atoms with Crippen LogP contribution in [0, 0.1) is 18.8 Å². The second kappa shape index (κ2) is 9.38. The van der Waals surface area contributed by atoms with Gasteiger partial charge in [0, 0.05) is 12.7 Å². The molecule has 0 spiro atoms. The highest BCUT2D eigenvalue weighted by Crippen LogP contribution is 2.51. The molecule has 188 valence electrons. The Morgan fingerprint density at radius 2 is 1.86 bits per heavy atom. The molecule has 1 aromatic heterocycles. The largest absolute Gasteiger partial charge is 0.406 e. The van der Waals surface area contributed by atoms with E-state index in [4.69, 9.17) is 4.98 Å². The first-order valence-electron chi connectivity index (χ1n) is 13.3. The third-order valence-corrected chi connectivity index (χ3v) is 9.09. The van der Waals surface area contributed by atoms with E-state index in [-0.39, 0.29) is 19.4 Å². The van der Waals surface area contributed by atoms with E-state index in [0.29, 0.717) is 18.3 Å². The lowest BCUT2D eigenvalue weighted by Gasteiger charge is -2.44. The van der Waals surface area contributed by atoms with E-state index in [2.05, 4.69) is 44.3 Å². The van der Waals surface area contributed by atoms with Crippen molar-refractivity contribution >= 4 is 11.1 Å². The molecule has 2 saturated carbocycles. The predicted octanol–water partition coefficient (Wildman–Crippen LogP) is 8.21. The predicted molar refractivity (Wildman–Crippen MR) is 136 cm³/mol. The highest BCUT2D eigenvalue weighted by Gasteiger charge is 2.57. The van der Waals surface area contributed by atoms with Crippen molar-refractivity contribution in [3.8, 4) is 0 Å². The lowest BCUT2D eigenvalue weighted by molar-refractivity contribution is -0.219. The lowest BCUT2D eigenvalue weighted by atomic mass is 9.67. The van der Waals surface area contributed by atoms with Gasteiger partial charge in [-0.05, 0) is 90.7 Å². The molecule has 1 heterocycles. The molecule has 2 aromatic rings. The number of aryl methyl sites for hydroxylation is 1. The molecule has 35 heavy (non-hydrogen) atoms. The zero-order valence-corrected chi connectivity index (χ0v) is 21.1. The molecule has 1 N–H and O–H groups in total. The van der Waals surface area contributed by atoms with Gasteiger partial charge in [-0.15, -0.1) is 0 Å². The van der Waals surface area contributed by atoms with Crippen LogP contribution in [0.15, 0.2) is 36.5 Å². The Morgan fingerprint density at radius 3 is 2.40 bits per heavy atom. The molecular formula is C30H37F3N2. The molecule has 2 atom stereocenters. The Hall–Kier alpha value is -2.14. The molecule has 0 radical (unpaired) electrons. The van der Waals surface area contributed by atoms with Crippen molar-refractivity contribution < 1.29 is 13.2 Å². The molecule has 2 nitrogen and oxygen atoms in total. The number of rotatable bonds is 6. The summed E-state index contributed by atoms with van der Waals surface area (Å²) in [5, 5.41) is 2.80. The van der Waals surface area contributed by atoms with E-state index in [0.717, 1.165) is 30.0 Å². The van der Waals surface area contributed by atoms with Crippen LogP contribution in [0.1, 0.15) is 99.1 Å². The van der Waals surface area contributed by atoms with Gasteiger partial charge in [-0.25, -0.2) is 0 Å². The number of allylic oxidation sites excluding steroid dienone is 2. The maximum Gasteiger partial charge on any atom is 0.406 e. The summed E-state index contributed by atoms with van der Waals surface area (Å²) in [4.78, 5) is 4.82. The normalized spacial score (nSPS) is 24.4. The summed E-state index contributed by atoms with van der Waals surface area (Å²) in [6.07, 6.45) is 4.41. The van der Waals surface area contributed by atoms with Crippen LogP contribution in [-0.2, 0) is 6.54 Å². The van der Waals surface area contributed by atoms with Gasteiger partial charge in [0.2, 0.25) is 0 Å². The molecule has 0 bridgehead atoms. The number of alkyl halides is 3. The van der Waals surface area contributed by atoms with E-state index in [1.807, 2.05) is 12.1 Å². The Labute approximate surface area is 207 Å². The van der Waals surface area contributed by atoms with Gasteiger partial charge in [0.1, 0.15) is 5.54 Å². The number of nitrogens with zero attached hydrogens (tertiary/aromatic N) is 1. The summed E-state index contributed by atoms with van der Waals surface area (Å²) in [5.74, 6) is 1.85. The van der Waals surface area contributed by atoms with Gasteiger partial charge in [-0.3, -0.25) is 10.3 Å². The number of nitrogens with one attached hydrogen (secondary N) is 1. The first kappa shape index (κ1) is 24.5. The van der Waals surface area contributed by atoms with E-state index < -0.39 is 11.7 Å². The summed E-state index contributed by atoms with van der Waals surface area (Å²) in [6, 6.07) is 10.9. The summed E-state index contributed by atoms with van der Waals surface area (Å²) in [6.45, 7) is 6.99. The summed E-state index contributed by atoms with van der Waals surface area (Å²) in [7, 11) is 0. The summed E-state index contributed by atoms with van der Waals surface area (Å²) < 4.78 is 40.5. The van der Waals surface area contributed by atoms with E-state index in [9.17, 15) is 13.2 Å². The fourth-order valence-electron chi connectivity index (χ4n) is 6.44. The van der Waals surface area contributed by atoms with Gasteiger partial charge in [0.05, 0.1) is 5.69 Å². The van der Waals surface area contributed by atoms with Gasteiger partial charge in [0.15, 0.2) is 0 Å². The maximum absolute atomic E-state index is 13.5. The number of halogens is 3. The van der Waals surface area contributed by atoms with Gasteiger partial charge in [0.25, 0.3) is 0 Å². The van der Waals surface area contributed by atoms with Crippen molar-refractivity contribution in [2.45, 2.75) is 96.3 Å². The molecule has 2 unspecified atom stereocenters. The molecule has 1 aromatic carbocycles. The average Bonchev–Trinajstić information content (AvgIpc) is 2.86. The molecule has 5 heteroatoms. The lowest BCUT2D eigenvalue weighted by Crippen LogP contribution is -2.61. The topological polar surface area (TPSA) is 24.9 Å². The Bertz CT molecular complexity index is 1090. The van der Waals surface area contributed by atoms with Crippen LogP contribution in [0.25, 0.3) is 11.1 Å². The Kier molecular flexibility index (Phi) is 6.58. The van der Waals surface area contributed by atoms with E-state index in [1.54, 1.807) is 6.20 Å². The third kappa shape index (κ3) is 4.45. The van der Waals surface area contributed by atoms with Gasteiger partial charge >= 0.3 is 6.18 Å². The molecule has 5 rings (SSSR count). The third-order valence-electron chi connectivity index (χ3n) is 9.09. The number of pyridine rings is 1. The highest BCUT2D eigenvalue weighted by molar-refractivity contribution is 5.91. The Balaban J connectivity index is 1.45. The first-order valence-corrected chi connectivity index (χ1v) is 13.3. The van der Waals surface area contributed by atoms with Crippen molar-refractivity contribution in [2.75, 3.05) is 0 Å². The smallest absolute Gasteiger partial charge is 0.299 e. The van der Waals surface area contributed by atoms with E-state index >= 15 is 0 Å². The second-order valence-electron chi connectivity index (χ2n) is 11.1. The number of aromatic nitrogens is 1. The van der Waals surface area contributed by atoms with Gasteiger partial charge in [-0.2, -0.15) is 13.2 Å². The minimum absolute atomic E-state index is 0.161. The maximum atomic E-state index is 13.5. The number of benzene rings is 1. The summed E-state index contributed by atoms with van der Waals surface area (Å²) in [5.41, 5.74) is 6.88. The van der Waals surface area contributed by atoms with Gasteiger partial charge in [-0.1, -0.05) is 62.9 Å². The number of hydrogen-bond acceptors (Lipinski definition) is 2. The molecule has 2 fully saturated rings. The van der Waals surface area contributed by atoms with Crippen LogP contribution in [0.5, 0.6) is 0 Å². The minimum Gasteiger partial charge on any atom is -0.299 e. The van der Waals surface area contributed by atoms with Crippen LogP contribution in [0.2, 0.25) is 0 Å². The average molecular weight is 483 g/mol. The molecule has 3 aliphatic carbocycles. The van der Waals surface area contributed by atoms with Crippen LogP contribution in [0.4, 0.5) is 13.2 Å². The standard InChI is InChI=1S/C30H37F3N2/c1-4-23-24-11-9-19(2)15-26(24)20(3)25(22-7-5-8-22)16-27(23)28-12-10-21(17-34-28)18-35-29(13-6-14-29)30(31,32)33/h9-12,15,17,20,22,25,35H,4-8,13-14,16,18H2,1-3H3. The second-order valence-corrected chi connectivity index (χ2v) is 11.1. The SMILES string of the molecule is CCC1=C(c2ccc(CNC3(C(F)(F)F)CCC3)cn2)CC(C2CCC2)C(C)c2cc(C)ccc21. The number of hydrogen-bond donors (Lipinski definition) is 1. The first-order chi connectivity index (χ1) is 16.7. The van der Waals surface area contributed by atoms with Crippen LogP contribution in [0.3, 0.4) is 0 Å². The molecule has 0 aliphatic heterocycles. The van der Waals surface area contributed by atoms with Crippen molar-refractivity contribution in [3.63, 3.8) is 0 Å². The fraction of sp³-hybridized carbons (Fsp3) is 0.567. The van der Waals surface area contributed by atoms with Crippen molar-refractivity contribution in [1.29, 1.82) is 0 Å². The number of fused-ring (bicyclic) bond motifs is 1.